The van der Waals surface area contributed by atoms with Gasteiger partial charge in [0.2, 0.25) is 0 Å². The maximum Gasteiger partial charge on any atom is 0.265 e. The molecule has 122 valence electrons. The molecular formula is C18H15ClN2O2S. The lowest BCUT2D eigenvalue weighted by atomic mass is 10.2. The van der Waals surface area contributed by atoms with Crippen LogP contribution in [0.15, 0.2) is 54.2 Å². The molecule has 0 unspecified atom stereocenters. The molecule has 2 aromatic heterocycles. The molecule has 3 rings (SSSR count). The van der Waals surface area contributed by atoms with Crippen molar-refractivity contribution >= 4 is 34.5 Å². The van der Waals surface area contributed by atoms with Gasteiger partial charge in [0.05, 0.1) is 4.88 Å². The largest absolute Gasteiger partial charge is 0.489 e. The fourth-order valence-corrected chi connectivity index (χ4v) is 2.98. The van der Waals surface area contributed by atoms with Crippen molar-refractivity contribution in [3.05, 3.63) is 75.2 Å². The van der Waals surface area contributed by atoms with Crippen LogP contribution >= 0.6 is 22.9 Å². The Morgan fingerprint density at radius 3 is 2.79 bits per heavy atom. The Balaban J connectivity index is 1.60. The van der Waals surface area contributed by atoms with Crippen LogP contribution in [0.5, 0.6) is 5.75 Å². The Morgan fingerprint density at radius 1 is 1.25 bits per heavy atom. The summed E-state index contributed by atoms with van der Waals surface area (Å²) >= 11 is 7.39. The van der Waals surface area contributed by atoms with E-state index in [-0.39, 0.29) is 5.91 Å². The first-order valence-corrected chi connectivity index (χ1v) is 8.55. The second-order valence-corrected chi connectivity index (χ2v) is 6.53. The highest BCUT2D eigenvalue weighted by Gasteiger charge is 2.10. The molecule has 0 atom stereocenters. The van der Waals surface area contributed by atoms with Crippen molar-refractivity contribution in [1.82, 2.24) is 4.98 Å². The molecule has 1 N–H and O–H groups in total. The lowest BCUT2D eigenvalue weighted by Gasteiger charge is -2.06. The molecule has 4 nitrogen and oxygen atoms in total. The minimum absolute atomic E-state index is 0.139. The maximum absolute atomic E-state index is 12.2. The van der Waals surface area contributed by atoms with E-state index in [0.29, 0.717) is 16.5 Å². The second kappa shape index (κ2) is 7.47. The van der Waals surface area contributed by atoms with Gasteiger partial charge in [-0.15, -0.1) is 11.3 Å². The molecule has 0 aliphatic carbocycles. The van der Waals surface area contributed by atoms with Crippen LogP contribution in [0.3, 0.4) is 0 Å². The topological polar surface area (TPSA) is 51.2 Å². The first-order chi connectivity index (χ1) is 11.6. The highest BCUT2D eigenvalue weighted by atomic mass is 35.5. The van der Waals surface area contributed by atoms with Gasteiger partial charge in [0, 0.05) is 28.7 Å². The Morgan fingerprint density at radius 2 is 2.04 bits per heavy atom. The second-order valence-electron chi connectivity index (χ2n) is 5.21. The van der Waals surface area contributed by atoms with Crippen molar-refractivity contribution in [1.29, 1.82) is 0 Å². The molecule has 0 fully saturated rings. The zero-order valence-electron chi connectivity index (χ0n) is 13.0. The van der Waals surface area contributed by atoms with Crippen molar-refractivity contribution in [2.45, 2.75) is 13.5 Å². The highest BCUT2D eigenvalue weighted by molar-refractivity contribution is 7.12. The van der Waals surface area contributed by atoms with E-state index in [4.69, 9.17) is 16.3 Å². The van der Waals surface area contributed by atoms with Gasteiger partial charge in [-0.1, -0.05) is 11.6 Å². The molecule has 24 heavy (non-hydrogen) atoms. The molecule has 0 radical (unpaired) electrons. The first-order valence-electron chi connectivity index (χ1n) is 7.29. The molecule has 0 aliphatic rings. The zero-order chi connectivity index (χ0) is 16.9. The number of thiophene rings is 1. The molecule has 0 aliphatic heterocycles. The molecule has 1 aromatic carbocycles. The number of carbonyl (C=O) groups excluding carboxylic acids is 1. The van der Waals surface area contributed by atoms with Crippen LogP contribution in [0.2, 0.25) is 5.02 Å². The summed E-state index contributed by atoms with van der Waals surface area (Å²) in [6.07, 6.45) is 3.27. The summed E-state index contributed by atoms with van der Waals surface area (Å²) in [5.74, 6) is 0.616. The third-order valence-electron chi connectivity index (χ3n) is 3.35. The molecule has 6 heteroatoms. The van der Waals surface area contributed by atoms with Crippen molar-refractivity contribution < 1.29 is 9.53 Å². The van der Waals surface area contributed by atoms with Gasteiger partial charge in [-0.05, 0) is 54.3 Å². The summed E-state index contributed by atoms with van der Waals surface area (Å²) in [6.45, 7) is 2.33. The summed E-state index contributed by atoms with van der Waals surface area (Å²) < 4.78 is 5.75. The Hall–Kier alpha value is -2.37. The Bertz CT molecular complexity index is 849. The van der Waals surface area contributed by atoms with Gasteiger partial charge in [0.25, 0.3) is 5.91 Å². The van der Waals surface area contributed by atoms with E-state index in [9.17, 15) is 4.79 Å². The third-order valence-corrected chi connectivity index (χ3v) is 4.75. The average Bonchev–Trinajstić information content (AvgIpc) is 3.06. The minimum atomic E-state index is -0.139. The van der Waals surface area contributed by atoms with Crippen LogP contribution in [-0.2, 0) is 6.61 Å². The average molecular weight is 359 g/mol. The number of aryl methyl sites for hydroxylation is 1. The fraction of sp³-hybridized carbons (Fsp3) is 0.111. The van der Waals surface area contributed by atoms with E-state index in [1.54, 1.807) is 24.5 Å². The molecule has 0 bridgehead atoms. The van der Waals surface area contributed by atoms with E-state index in [2.05, 4.69) is 10.3 Å². The lowest BCUT2D eigenvalue weighted by molar-refractivity contribution is 0.103. The normalized spacial score (nSPS) is 10.4. The molecule has 0 spiro atoms. The minimum Gasteiger partial charge on any atom is -0.489 e. The van der Waals surface area contributed by atoms with Crippen LogP contribution in [0.25, 0.3) is 0 Å². The van der Waals surface area contributed by atoms with Gasteiger partial charge < -0.3 is 10.1 Å². The summed E-state index contributed by atoms with van der Waals surface area (Å²) in [4.78, 5) is 16.8. The summed E-state index contributed by atoms with van der Waals surface area (Å²) in [5, 5.41) is 5.47. The Kier molecular flexibility index (Phi) is 5.13. The van der Waals surface area contributed by atoms with Gasteiger partial charge in [-0.2, -0.15) is 0 Å². The van der Waals surface area contributed by atoms with Crippen LogP contribution in [-0.4, -0.2) is 10.9 Å². The van der Waals surface area contributed by atoms with Gasteiger partial charge in [0.15, 0.2) is 0 Å². The van der Waals surface area contributed by atoms with Crippen molar-refractivity contribution in [3.63, 3.8) is 0 Å². The highest BCUT2D eigenvalue weighted by Crippen LogP contribution is 2.23. The van der Waals surface area contributed by atoms with Crippen molar-refractivity contribution in [2.75, 3.05) is 5.32 Å². The maximum atomic E-state index is 12.2. The van der Waals surface area contributed by atoms with Gasteiger partial charge in [-0.25, -0.2) is 0 Å². The van der Waals surface area contributed by atoms with Crippen LogP contribution < -0.4 is 10.1 Å². The van der Waals surface area contributed by atoms with Crippen LogP contribution in [0.4, 0.5) is 5.69 Å². The van der Waals surface area contributed by atoms with E-state index >= 15 is 0 Å². The molecular weight excluding hydrogens is 344 g/mol. The standard InChI is InChI=1S/C18H15ClN2O2S/c1-12-8-15(2-3-16(12)19)23-10-13-9-17(24-11-13)18(22)21-14-4-6-20-7-5-14/h2-9,11H,10H2,1H3,(H,20,21,22). The lowest BCUT2D eigenvalue weighted by Crippen LogP contribution is -2.10. The molecule has 1 amide bonds. The fourth-order valence-electron chi connectivity index (χ4n) is 2.07. The number of amides is 1. The summed E-state index contributed by atoms with van der Waals surface area (Å²) in [5.41, 5.74) is 2.64. The number of hydrogen-bond acceptors (Lipinski definition) is 4. The van der Waals surface area contributed by atoms with Crippen LogP contribution in [0.1, 0.15) is 20.8 Å². The smallest absolute Gasteiger partial charge is 0.265 e. The first kappa shape index (κ1) is 16.5. The van der Waals surface area contributed by atoms with Gasteiger partial charge in [0.1, 0.15) is 12.4 Å². The summed E-state index contributed by atoms with van der Waals surface area (Å²) in [7, 11) is 0. The number of carbonyl (C=O) groups is 1. The number of rotatable bonds is 5. The number of anilines is 1. The monoisotopic (exact) mass is 358 g/mol. The number of halogens is 1. The van der Waals surface area contributed by atoms with Crippen molar-refractivity contribution in [2.24, 2.45) is 0 Å². The van der Waals surface area contributed by atoms with E-state index in [1.807, 2.05) is 36.6 Å². The number of nitrogens with one attached hydrogen (secondary N) is 1. The van der Waals surface area contributed by atoms with Gasteiger partial charge >= 0.3 is 0 Å². The SMILES string of the molecule is Cc1cc(OCc2csc(C(=O)Nc3ccncc3)c2)ccc1Cl. The van der Waals surface area contributed by atoms with E-state index < -0.39 is 0 Å². The number of nitrogens with zero attached hydrogens (tertiary/aromatic N) is 1. The van der Waals surface area contributed by atoms with Gasteiger partial charge in [-0.3, -0.25) is 9.78 Å². The zero-order valence-corrected chi connectivity index (χ0v) is 14.5. The van der Waals surface area contributed by atoms with E-state index in [0.717, 1.165) is 22.6 Å². The molecule has 2 heterocycles. The number of hydrogen-bond donors (Lipinski definition) is 1. The molecule has 3 aromatic rings. The Labute approximate surface area is 149 Å². The summed E-state index contributed by atoms with van der Waals surface area (Å²) in [6, 6.07) is 10.9. The predicted molar refractivity (Wildman–Crippen MR) is 97.0 cm³/mol. The van der Waals surface area contributed by atoms with Crippen LogP contribution in [0, 0.1) is 6.92 Å². The number of pyridine rings is 1. The van der Waals surface area contributed by atoms with Crippen molar-refractivity contribution in [3.8, 4) is 5.75 Å². The predicted octanol–water partition coefficient (Wildman–Crippen LogP) is 4.94. The van der Waals surface area contributed by atoms with E-state index in [1.165, 1.54) is 11.3 Å². The molecule has 0 saturated carbocycles. The number of aromatic nitrogens is 1. The quantitative estimate of drug-likeness (QED) is 0.703. The number of benzene rings is 1. The molecule has 0 saturated heterocycles. The third kappa shape index (κ3) is 4.13. The number of ether oxygens (including phenoxy) is 1.